The zero-order valence-corrected chi connectivity index (χ0v) is 11.3. The van der Waals surface area contributed by atoms with E-state index in [0.29, 0.717) is 21.2 Å². The number of halogens is 2. The van der Waals surface area contributed by atoms with E-state index in [1.165, 1.54) is 12.1 Å². The highest BCUT2D eigenvalue weighted by Gasteiger charge is 2.03. The molecule has 0 amide bonds. The first-order valence-corrected chi connectivity index (χ1v) is 6.26. The first-order chi connectivity index (χ1) is 9.06. The number of rotatable bonds is 3. The summed E-state index contributed by atoms with van der Waals surface area (Å²) in [5.74, 6) is -0.764. The molecular formula is C15H9Cl2O2-. The van der Waals surface area contributed by atoms with Crippen LogP contribution in [-0.2, 0) is 0 Å². The number of hydrogen-bond donors (Lipinski definition) is 0. The first kappa shape index (κ1) is 13.7. The highest BCUT2D eigenvalue weighted by Crippen LogP contribution is 2.17. The van der Waals surface area contributed by atoms with E-state index in [-0.39, 0.29) is 11.5 Å². The van der Waals surface area contributed by atoms with Crippen LogP contribution in [0.1, 0.15) is 15.9 Å². The van der Waals surface area contributed by atoms with Crippen molar-refractivity contribution in [3.63, 3.8) is 0 Å². The molecule has 0 aliphatic rings. The zero-order valence-electron chi connectivity index (χ0n) is 9.77. The van der Waals surface area contributed by atoms with Gasteiger partial charge in [-0.05, 0) is 35.9 Å². The van der Waals surface area contributed by atoms with Crippen LogP contribution in [0.4, 0.5) is 0 Å². The predicted molar refractivity (Wildman–Crippen MR) is 75.2 cm³/mol. The number of ketones is 1. The molecule has 19 heavy (non-hydrogen) atoms. The summed E-state index contributed by atoms with van der Waals surface area (Å²) in [6, 6.07) is 12.9. The van der Waals surface area contributed by atoms with Gasteiger partial charge in [-0.3, -0.25) is 4.79 Å². The Hall–Kier alpha value is -1.77. The van der Waals surface area contributed by atoms with Crippen molar-refractivity contribution in [1.29, 1.82) is 0 Å². The van der Waals surface area contributed by atoms with E-state index in [9.17, 15) is 9.90 Å². The summed E-state index contributed by atoms with van der Waals surface area (Å²) in [6.45, 7) is 0. The molecule has 2 nitrogen and oxygen atoms in total. The lowest BCUT2D eigenvalue weighted by atomic mass is 10.1. The molecule has 0 saturated carbocycles. The van der Waals surface area contributed by atoms with Crippen LogP contribution in [0.5, 0.6) is 0 Å². The fourth-order valence-corrected chi connectivity index (χ4v) is 1.95. The van der Waals surface area contributed by atoms with Gasteiger partial charge in [-0.2, -0.15) is 0 Å². The van der Waals surface area contributed by atoms with Crippen molar-refractivity contribution in [2.45, 2.75) is 0 Å². The SMILES string of the molecule is O=C(/C=C(\[O-])c1cccc(Cl)c1)c1cccc(Cl)c1. The third kappa shape index (κ3) is 3.60. The third-order valence-corrected chi connectivity index (χ3v) is 2.95. The lowest BCUT2D eigenvalue weighted by molar-refractivity contribution is -0.243. The van der Waals surface area contributed by atoms with Gasteiger partial charge in [0.1, 0.15) is 0 Å². The van der Waals surface area contributed by atoms with E-state index in [2.05, 4.69) is 0 Å². The molecule has 0 N–H and O–H groups in total. The van der Waals surface area contributed by atoms with Gasteiger partial charge in [-0.1, -0.05) is 53.2 Å². The van der Waals surface area contributed by atoms with Gasteiger partial charge in [0.15, 0.2) is 5.78 Å². The van der Waals surface area contributed by atoms with Gasteiger partial charge in [0.2, 0.25) is 0 Å². The fourth-order valence-electron chi connectivity index (χ4n) is 1.57. The highest BCUT2D eigenvalue weighted by atomic mass is 35.5. The second-order valence-electron chi connectivity index (χ2n) is 3.89. The molecule has 96 valence electrons. The Morgan fingerprint density at radius 3 is 2.05 bits per heavy atom. The Balaban J connectivity index is 2.28. The number of carbonyl (C=O) groups is 1. The van der Waals surface area contributed by atoms with Crippen LogP contribution in [-0.4, -0.2) is 5.78 Å². The van der Waals surface area contributed by atoms with Crippen LogP contribution in [0.15, 0.2) is 54.6 Å². The van der Waals surface area contributed by atoms with Gasteiger partial charge in [0.05, 0.1) is 0 Å². The fraction of sp³-hybridized carbons (Fsp3) is 0. The van der Waals surface area contributed by atoms with E-state index in [4.69, 9.17) is 23.2 Å². The summed E-state index contributed by atoms with van der Waals surface area (Å²) in [5, 5.41) is 12.8. The van der Waals surface area contributed by atoms with Gasteiger partial charge < -0.3 is 5.11 Å². The van der Waals surface area contributed by atoms with Crippen LogP contribution in [0.25, 0.3) is 5.76 Å². The van der Waals surface area contributed by atoms with E-state index in [1.54, 1.807) is 36.4 Å². The van der Waals surface area contributed by atoms with E-state index in [1.807, 2.05) is 0 Å². The maximum Gasteiger partial charge on any atom is 0.185 e. The Bertz CT molecular complexity index is 648. The van der Waals surface area contributed by atoms with Crippen molar-refractivity contribution in [2.75, 3.05) is 0 Å². The molecule has 0 heterocycles. The van der Waals surface area contributed by atoms with Gasteiger partial charge in [0, 0.05) is 15.6 Å². The summed E-state index contributed by atoms with van der Waals surface area (Å²) in [4.78, 5) is 11.9. The van der Waals surface area contributed by atoms with Gasteiger partial charge in [-0.25, -0.2) is 0 Å². The molecule has 2 aromatic rings. The summed E-state index contributed by atoms with van der Waals surface area (Å²) < 4.78 is 0. The average Bonchev–Trinajstić information content (AvgIpc) is 2.38. The number of carbonyl (C=O) groups excluding carboxylic acids is 1. The summed E-state index contributed by atoms with van der Waals surface area (Å²) >= 11 is 11.6. The summed E-state index contributed by atoms with van der Waals surface area (Å²) in [5.41, 5.74) is 0.755. The minimum Gasteiger partial charge on any atom is -0.872 e. The quantitative estimate of drug-likeness (QED) is 0.493. The normalized spacial score (nSPS) is 11.4. The van der Waals surface area contributed by atoms with Gasteiger partial charge >= 0.3 is 0 Å². The van der Waals surface area contributed by atoms with Crippen molar-refractivity contribution in [3.05, 3.63) is 75.8 Å². The molecular weight excluding hydrogens is 283 g/mol. The Kier molecular flexibility index (Phi) is 4.25. The van der Waals surface area contributed by atoms with Gasteiger partial charge in [-0.15, -0.1) is 0 Å². The van der Waals surface area contributed by atoms with Crippen molar-refractivity contribution in [3.8, 4) is 0 Å². The number of hydrogen-bond acceptors (Lipinski definition) is 2. The molecule has 0 spiro atoms. The molecule has 0 aliphatic heterocycles. The monoisotopic (exact) mass is 291 g/mol. The van der Waals surface area contributed by atoms with Crippen molar-refractivity contribution >= 4 is 34.7 Å². The first-order valence-electron chi connectivity index (χ1n) is 5.51. The second kappa shape index (κ2) is 5.91. The molecule has 0 aromatic heterocycles. The predicted octanol–water partition coefficient (Wildman–Crippen LogP) is 3.58. The average molecular weight is 292 g/mol. The van der Waals surface area contributed by atoms with Crippen LogP contribution in [0.3, 0.4) is 0 Å². The van der Waals surface area contributed by atoms with Crippen LogP contribution in [0, 0.1) is 0 Å². The smallest absolute Gasteiger partial charge is 0.185 e. The highest BCUT2D eigenvalue weighted by molar-refractivity contribution is 6.31. The van der Waals surface area contributed by atoms with E-state index < -0.39 is 0 Å². The molecule has 0 radical (unpaired) electrons. The Labute approximate surface area is 120 Å². The second-order valence-corrected chi connectivity index (χ2v) is 4.77. The largest absolute Gasteiger partial charge is 0.872 e. The van der Waals surface area contributed by atoms with E-state index >= 15 is 0 Å². The van der Waals surface area contributed by atoms with Gasteiger partial charge in [0.25, 0.3) is 0 Å². The standard InChI is InChI=1S/C15H10Cl2O2/c16-12-5-1-3-10(7-12)14(18)9-15(19)11-4-2-6-13(17)8-11/h1-9,18H/p-1/b14-9-. The minimum atomic E-state index is -0.382. The maximum atomic E-state index is 11.9. The number of benzene rings is 2. The van der Waals surface area contributed by atoms with Crippen LogP contribution in [0.2, 0.25) is 10.0 Å². The molecule has 0 fully saturated rings. The summed E-state index contributed by atoms with van der Waals surface area (Å²) in [6.07, 6.45) is 1.04. The van der Waals surface area contributed by atoms with Crippen LogP contribution >= 0.6 is 23.2 Å². The van der Waals surface area contributed by atoms with Crippen molar-refractivity contribution in [2.24, 2.45) is 0 Å². The van der Waals surface area contributed by atoms with Crippen molar-refractivity contribution < 1.29 is 9.90 Å². The van der Waals surface area contributed by atoms with Crippen LogP contribution < -0.4 is 5.11 Å². The zero-order chi connectivity index (χ0) is 13.8. The molecule has 0 atom stereocenters. The molecule has 0 aliphatic carbocycles. The molecule has 4 heteroatoms. The minimum absolute atomic E-state index is 0.378. The number of allylic oxidation sites excluding steroid dienone is 1. The lowest BCUT2D eigenvalue weighted by Gasteiger charge is -2.12. The Morgan fingerprint density at radius 2 is 1.47 bits per heavy atom. The molecule has 0 unspecified atom stereocenters. The third-order valence-electron chi connectivity index (χ3n) is 2.48. The lowest BCUT2D eigenvalue weighted by Crippen LogP contribution is -2.06. The molecule has 0 bridgehead atoms. The summed E-state index contributed by atoms with van der Waals surface area (Å²) in [7, 11) is 0. The topological polar surface area (TPSA) is 40.1 Å². The molecule has 0 saturated heterocycles. The molecule has 2 rings (SSSR count). The maximum absolute atomic E-state index is 11.9. The molecule has 2 aromatic carbocycles. The Morgan fingerprint density at radius 1 is 0.947 bits per heavy atom. The van der Waals surface area contributed by atoms with E-state index in [0.717, 1.165) is 6.08 Å². The van der Waals surface area contributed by atoms with Crippen molar-refractivity contribution in [1.82, 2.24) is 0 Å².